The fourth-order valence-electron chi connectivity index (χ4n) is 2.52. The van der Waals surface area contributed by atoms with Gasteiger partial charge < -0.3 is 5.32 Å². The molecule has 1 aliphatic rings. The fourth-order valence-corrected chi connectivity index (χ4v) is 2.52. The van der Waals surface area contributed by atoms with Crippen molar-refractivity contribution in [2.75, 3.05) is 19.6 Å². The van der Waals surface area contributed by atoms with Crippen molar-refractivity contribution in [1.82, 2.24) is 15.2 Å². The molecular formula is C13H21N3. The summed E-state index contributed by atoms with van der Waals surface area (Å²) in [6.45, 7) is 10.1. The molecule has 16 heavy (non-hydrogen) atoms. The van der Waals surface area contributed by atoms with Gasteiger partial charge in [-0.25, -0.2) is 0 Å². The van der Waals surface area contributed by atoms with Gasteiger partial charge in [0, 0.05) is 43.6 Å². The summed E-state index contributed by atoms with van der Waals surface area (Å²) in [4.78, 5) is 6.76. The van der Waals surface area contributed by atoms with Gasteiger partial charge in [0.2, 0.25) is 0 Å². The van der Waals surface area contributed by atoms with Gasteiger partial charge in [-0.1, -0.05) is 6.07 Å². The van der Waals surface area contributed by atoms with Crippen LogP contribution in [0.2, 0.25) is 0 Å². The molecule has 2 heterocycles. The van der Waals surface area contributed by atoms with Crippen LogP contribution < -0.4 is 5.32 Å². The van der Waals surface area contributed by atoms with E-state index in [1.807, 2.05) is 18.5 Å². The van der Waals surface area contributed by atoms with Gasteiger partial charge in [-0.2, -0.15) is 0 Å². The van der Waals surface area contributed by atoms with Crippen molar-refractivity contribution in [3.63, 3.8) is 0 Å². The maximum atomic E-state index is 4.21. The first-order valence-electron chi connectivity index (χ1n) is 5.99. The van der Waals surface area contributed by atoms with Crippen LogP contribution in [0, 0.1) is 0 Å². The van der Waals surface area contributed by atoms with Crippen LogP contribution >= 0.6 is 0 Å². The van der Waals surface area contributed by atoms with Crippen molar-refractivity contribution in [2.24, 2.45) is 0 Å². The zero-order valence-corrected chi connectivity index (χ0v) is 10.4. The highest BCUT2D eigenvalue weighted by Crippen LogP contribution is 2.28. The summed E-state index contributed by atoms with van der Waals surface area (Å²) in [6, 6.07) is 4.61. The third-order valence-corrected chi connectivity index (χ3v) is 3.50. The summed E-state index contributed by atoms with van der Waals surface area (Å²) in [7, 11) is 0. The van der Waals surface area contributed by atoms with Gasteiger partial charge in [0.15, 0.2) is 0 Å². The van der Waals surface area contributed by atoms with Crippen molar-refractivity contribution >= 4 is 0 Å². The van der Waals surface area contributed by atoms with Gasteiger partial charge in [-0.05, 0) is 32.4 Å². The lowest BCUT2D eigenvalue weighted by molar-refractivity contribution is 0.0515. The van der Waals surface area contributed by atoms with E-state index in [0.29, 0.717) is 6.04 Å². The Labute approximate surface area is 97.9 Å². The molecule has 0 spiro atoms. The first-order chi connectivity index (χ1) is 7.61. The highest BCUT2D eigenvalue weighted by molar-refractivity contribution is 5.14. The molecule has 3 heteroatoms. The van der Waals surface area contributed by atoms with E-state index >= 15 is 0 Å². The van der Waals surface area contributed by atoms with Crippen molar-refractivity contribution in [3.8, 4) is 0 Å². The topological polar surface area (TPSA) is 28.2 Å². The average Bonchev–Trinajstić information content (AvgIpc) is 2.29. The Morgan fingerprint density at radius 3 is 2.94 bits per heavy atom. The largest absolute Gasteiger partial charge is 0.314 e. The molecule has 1 saturated heterocycles. The van der Waals surface area contributed by atoms with Crippen LogP contribution in [0.15, 0.2) is 24.5 Å². The number of nitrogens with zero attached hydrogens (tertiary/aromatic N) is 2. The van der Waals surface area contributed by atoms with E-state index in [1.165, 1.54) is 5.56 Å². The Kier molecular flexibility index (Phi) is 3.26. The van der Waals surface area contributed by atoms with E-state index in [-0.39, 0.29) is 5.54 Å². The van der Waals surface area contributed by atoms with Gasteiger partial charge in [-0.15, -0.1) is 0 Å². The van der Waals surface area contributed by atoms with Crippen LogP contribution in [-0.4, -0.2) is 35.1 Å². The van der Waals surface area contributed by atoms with Gasteiger partial charge in [0.05, 0.1) is 0 Å². The molecule has 1 unspecified atom stereocenters. The summed E-state index contributed by atoms with van der Waals surface area (Å²) in [5.74, 6) is 0. The molecule has 1 aliphatic heterocycles. The molecule has 3 nitrogen and oxygen atoms in total. The van der Waals surface area contributed by atoms with E-state index in [4.69, 9.17) is 0 Å². The van der Waals surface area contributed by atoms with Gasteiger partial charge in [0.1, 0.15) is 0 Å². The Balaban J connectivity index is 2.17. The minimum Gasteiger partial charge on any atom is -0.314 e. The predicted octanol–water partition coefficient (Wildman–Crippen LogP) is 1.83. The van der Waals surface area contributed by atoms with Crippen molar-refractivity contribution in [3.05, 3.63) is 30.1 Å². The lowest BCUT2D eigenvalue weighted by Crippen LogP contribution is -2.58. The number of hydrogen-bond donors (Lipinski definition) is 1. The molecule has 0 radical (unpaired) electrons. The predicted molar refractivity (Wildman–Crippen MR) is 66.3 cm³/mol. The van der Waals surface area contributed by atoms with Crippen LogP contribution in [0.4, 0.5) is 0 Å². The number of rotatable bonds is 2. The van der Waals surface area contributed by atoms with E-state index in [0.717, 1.165) is 19.6 Å². The second-order valence-electron chi connectivity index (χ2n) is 5.14. The molecule has 0 aromatic carbocycles. The second-order valence-corrected chi connectivity index (χ2v) is 5.14. The van der Waals surface area contributed by atoms with Crippen LogP contribution in [0.25, 0.3) is 0 Å². The lowest BCUT2D eigenvalue weighted by atomic mass is 9.95. The molecular weight excluding hydrogens is 198 g/mol. The highest BCUT2D eigenvalue weighted by atomic mass is 15.3. The van der Waals surface area contributed by atoms with Crippen LogP contribution in [0.3, 0.4) is 0 Å². The summed E-state index contributed by atoms with van der Waals surface area (Å²) in [6.07, 6.45) is 3.81. The van der Waals surface area contributed by atoms with Gasteiger partial charge in [0.25, 0.3) is 0 Å². The Morgan fingerprint density at radius 1 is 1.50 bits per heavy atom. The molecule has 1 atom stereocenters. The van der Waals surface area contributed by atoms with Gasteiger partial charge in [-0.3, -0.25) is 9.88 Å². The lowest BCUT2D eigenvalue weighted by Gasteiger charge is -2.46. The first kappa shape index (κ1) is 11.6. The summed E-state index contributed by atoms with van der Waals surface area (Å²) in [5.41, 5.74) is 1.52. The minimum atomic E-state index is 0.216. The second kappa shape index (κ2) is 4.52. The monoisotopic (exact) mass is 219 g/mol. The van der Waals surface area contributed by atoms with Crippen molar-refractivity contribution < 1.29 is 0 Å². The quantitative estimate of drug-likeness (QED) is 0.822. The maximum absolute atomic E-state index is 4.21. The summed E-state index contributed by atoms with van der Waals surface area (Å²) >= 11 is 0. The number of nitrogens with one attached hydrogen (secondary N) is 1. The molecule has 88 valence electrons. The number of pyridine rings is 1. The van der Waals surface area contributed by atoms with E-state index in [1.54, 1.807) is 0 Å². The SMILES string of the molecule is CC(c1cccnc1)N1CCNCC1(C)C. The zero-order chi connectivity index (χ0) is 11.6. The third kappa shape index (κ3) is 2.25. The Bertz CT molecular complexity index is 334. The molecule has 1 N–H and O–H groups in total. The Hall–Kier alpha value is -0.930. The molecule has 0 saturated carbocycles. The van der Waals surface area contributed by atoms with E-state index in [2.05, 4.69) is 42.0 Å². The Morgan fingerprint density at radius 2 is 2.31 bits per heavy atom. The van der Waals surface area contributed by atoms with Crippen LogP contribution in [0.1, 0.15) is 32.4 Å². The van der Waals surface area contributed by atoms with E-state index < -0.39 is 0 Å². The van der Waals surface area contributed by atoms with Crippen LogP contribution in [-0.2, 0) is 0 Å². The van der Waals surface area contributed by atoms with Crippen LogP contribution in [0.5, 0.6) is 0 Å². The van der Waals surface area contributed by atoms with Crippen molar-refractivity contribution in [1.29, 1.82) is 0 Å². The molecule has 1 aromatic heterocycles. The number of hydrogen-bond acceptors (Lipinski definition) is 3. The third-order valence-electron chi connectivity index (χ3n) is 3.50. The smallest absolute Gasteiger partial charge is 0.0341 e. The molecule has 2 rings (SSSR count). The highest BCUT2D eigenvalue weighted by Gasteiger charge is 2.33. The molecule has 1 fully saturated rings. The molecule has 0 aliphatic carbocycles. The normalized spacial score (nSPS) is 22.9. The number of aromatic nitrogens is 1. The molecule has 1 aromatic rings. The minimum absolute atomic E-state index is 0.216. The molecule has 0 amide bonds. The zero-order valence-electron chi connectivity index (χ0n) is 10.4. The van der Waals surface area contributed by atoms with Crippen molar-refractivity contribution in [2.45, 2.75) is 32.4 Å². The summed E-state index contributed by atoms with van der Waals surface area (Å²) in [5, 5.41) is 3.45. The summed E-state index contributed by atoms with van der Waals surface area (Å²) < 4.78 is 0. The molecule has 0 bridgehead atoms. The first-order valence-corrected chi connectivity index (χ1v) is 5.99. The van der Waals surface area contributed by atoms with Gasteiger partial charge >= 0.3 is 0 Å². The average molecular weight is 219 g/mol. The fraction of sp³-hybridized carbons (Fsp3) is 0.615. The van der Waals surface area contributed by atoms with E-state index in [9.17, 15) is 0 Å². The number of piperazine rings is 1. The maximum Gasteiger partial charge on any atom is 0.0341 e. The standard InChI is InChI=1S/C13H21N3/c1-11(12-5-4-6-14-9-12)16-8-7-15-10-13(16,2)3/h4-6,9,11,15H,7-8,10H2,1-3H3.